The number of benzene rings is 1. The Labute approximate surface area is 107 Å². The van der Waals surface area contributed by atoms with Crippen molar-refractivity contribution in [2.24, 2.45) is 5.92 Å². The van der Waals surface area contributed by atoms with E-state index in [9.17, 15) is 9.90 Å². The summed E-state index contributed by atoms with van der Waals surface area (Å²) in [5.41, 5.74) is 3.65. The summed E-state index contributed by atoms with van der Waals surface area (Å²) >= 11 is 0. The second kappa shape index (κ2) is 4.73. The Bertz CT molecular complexity index is 470. The van der Waals surface area contributed by atoms with Gasteiger partial charge < -0.3 is 10.4 Å². The summed E-state index contributed by atoms with van der Waals surface area (Å²) in [4.78, 5) is 12.1. The molecule has 2 atom stereocenters. The van der Waals surface area contributed by atoms with E-state index in [-0.39, 0.29) is 11.8 Å². The average molecular weight is 245 g/mol. The van der Waals surface area contributed by atoms with Crippen molar-refractivity contribution in [3.63, 3.8) is 0 Å². The summed E-state index contributed by atoms with van der Waals surface area (Å²) in [5.74, 6) is -0.254. The van der Waals surface area contributed by atoms with E-state index in [1.54, 1.807) is 0 Å². The molecule has 1 fully saturated rings. The number of anilines is 1. The molecule has 0 heterocycles. The number of carbonyl (C=O) groups is 1. The number of carbonyl (C=O) groups excluding carboxylic acids is 1. The number of aliphatic hydroxyl groups excluding tert-OH is 1. The molecule has 18 heavy (non-hydrogen) atoms. The van der Waals surface area contributed by atoms with E-state index in [2.05, 4.69) is 17.4 Å². The summed E-state index contributed by atoms with van der Waals surface area (Å²) in [6.45, 7) is 0. The second-order valence-electron chi connectivity index (χ2n) is 5.43. The Hall–Kier alpha value is -1.35. The van der Waals surface area contributed by atoms with E-state index in [0.717, 1.165) is 37.8 Å². The van der Waals surface area contributed by atoms with Gasteiger partial charge in [0.1, 0.15) is 0 Å². The summed E-state index contributed by atoms with van der Waals surface area (Å²) in [5, 5.41) is 12.7. The Kier molecular flexibility index (Phi) is 3.08. The number of nitrogens with one attached hydrogen (secondary N) is 1. The van der Waals surface area contributed by atoms with Gasteiger partial charge in [0.15, 0.2) is 0 Å². The van der Waals surface area contributed by atoms with Gasteiger partial charge in [-0.15, -0.1) is 0 Å². The first-order valence-electron chi connectivity index (χ1n) is 6.85. The minimum atomic E-state index is -0.459. The van der Waals surface area contributed by atoms with E-state index < -0.39 is 6.10 Å². The van der Waals surface area contributed by atoms with Gasteiger partial charge in [-0.25, -0.2) is 0 Å². The van der Waals surface area contributed by atoms with Crippen LogP contribution in [-0.4, -0.2) is 17.1 Å². The largest absolute Gasteiger partial charge is 0.392 e. The number of rotatable bonds is 2. The molecule has 2 N–H and O–H groups in total. The zero-order valence-electron chi connectivity index (χ0n) is 10.5. The van der Waals surface area contributed by atoms with Crippen LogP contribution in [0.25, 0.3) is 0 Å². The predicted molar refractivity (Wildman–Crippen MR) is 70.4 cm³/mol. The van der Waals surface area contributed by atoms with Gasteiger partial charge in [0.2, 0.25) is 5.91 Å². The SMILES string of the molecule is O=C(Nc1ccc2c(c1)CCC2)C1CCCC1O. The number of hydrogen-bond acceptors (Lipinski definition) is 2. The molecule has 0 aromatic heterocycles. The fourth-order valence-corrected chi connectivity index (χ4v) is 3.13. The quantitative estimate of drug-likeness (QED) is 0.839. The molecule has 2 aliphatic carbocycles. The molecule has 2 aliphatic rings. The molecular weight excluding hydrogens is 226 g/mol. The molecule has 3 nitrogen and oxygen atoms in total. The Morgan fingerprint density at radius 1 is 1.17 bits per heavy atom. The third-order valence-electron chi connectivity index (χ3n) is 4.18. The molecule has 2 unspecified atom stereocenters. The van der Waals surface area contributed by atoms with Crippen LogP contribution in [0.1, 0.15) is 36.8 Å². The zero-order chi connectivity index (χ0) is 12.5. The molecule has 1 amide bonds. The lowest BCUT2D eigenvalue weighted by Crippen LogP contribution is -2.28. The van der Waals surface area contributed by atoms with Crippen LogP contribution in [0.4, 0.5) is 5.69 Å². The van der Waals surface area contributed by atoms with Crippen LogP contribution < -0.4 is 5.32 Å². The van der Waals surface area contributed by atoms with Crippen LogP contribution >= 0.6 is 0 Å². The smallest absolute Gasteiger partial charge is 0.230 e. The normalized spacial score (nSPS) is 26.1. The van der Waals surface area contributed by atoms with Gasteiger partial charge >= 0.3 is 0 Å². The fraction of sp³-hybridized carbons (Fsp3) is 0.533. The average Bonchev–Trinajstić information content (AvgIpc) is 2.96. The van der Waals surface area contributed by atoms with Crippen LogP contribution in [0.5, 0.6) is 0 Å². The molecule has 1 saturated carbocycles. The third-order valence-corrected chi connectivity index (χ3v) is 4.18. The minimum absolute atomic E-state index is 0.0297. The number of aliphatic hydroxyl groups is 1. The molecule has 0 radical (unpaired) electrons. The van der Waals surface area contributed by atoms with E-state index in [1.807, 2.05) is 6.07 Å². The van der Waals surface area contributed by atoms with Crippen molar-refractivity contribution in [3.8, 4) is 0 Å². The molecule has 1 aromatic carbocycles. The zero-order valence-corrected chi connectivity index (χ0v) is 10.5. The van der Waals surface area contributed by atoms with E-state index in [1.165, 1.54) is 17.5 Å². The lowest BCUT2D eigenvalue weighted by atomic mass is 10.0. The monoisotopic (exact) mass is 245 g/mol. The third kappa shape index (κ3) is 2.15. The second-order valence-corrected chi connectivity index (χ2v) is 5.43. The highest BCUT2D eigenvalue weighted by molar-refractivity contribution is 5.93. The van der Waals surface area contributed by atoms with Gasteiger partial charge in [-0.2, -0.15) is 0 Å². The van der Waals surface area contributed by atoms with Gasteiger partial charge in [-0.05, 0) is 61.8 Å². The highest BCUT2D eigenvalue weighted by Gasteiger charge is 2.31. The van der Waals surface area contributed by atoms with Gasteiger partial charge in [0, 0.05) is 5.69 Å². The maximum absolute atomic E-state index is 12.1. The lowest BCUT2D eigenvalue weighted by Gasteiger charge is -2.15. The van der Waals surface area contributed by atoms with Crippen molar-refractivity contribution in [1.82, 2.24) is 0 Å². The Morgan fingerprint density at radius 3 is 2.78 bits per heavy atom. The first-order chi connectivity index (χ1) is 8.74. The fourth-order valence-electron chi connectivity index (χ4n) is 3.13. The molecule has 0 saturated heterocycles. The van der Waals surface area contributed by atoms with Crippen LogP contribution in [0.2, 0.25) is 0 Å². The summed E-state index contributed by atoms with van der Waals surface area (Å²) in [6, 6.07) is 6.17. The number of fused-ring (bicyclic) bond motifs is 1. The maximum Gasteiger partial charge on any atom is 0.230 e. The summed E-state index contributed by atoms with van der Waals surface area (Å²) < 4.78 is 0. The Morgan fingerprint density at radius 2 is 2.00 bits per heavy atom. The minimum Gasteiger partial charge on any atom is -0.392 e. The molecule has 96 valence electrons. The Balaban J connectivity index is 1.71. The van der Waals surface area contributed by atoms with Crippen molar-refractivity contribution in [3.05, 3.63) is 29.3 Å². The summed E-state index contributed by atoms with van der Waals surface area (Å²) in [7, 11) is 0. The highest BCUT2D eigenvalue weighted by Crippen LogP contribution is 2.28. The van der Waals surface area contributed by atoms with Crippen molar-refractivity contribution in [2.45, 2.75) is 44.6 Å². The van der Waals surface area contributed by atoms with Crippen LogP contribution in [0.3, 0.4) is 0 Å². The van der Waals surface area contributed by atoms with Crippen LogP contribution in [0.15, 0.2) is 18.2 Å². The standard InChI is InChI=1S/C15H19NO2/c17-14-6-2-5-13(14)15(18)16-12-8-7-10-3-1-4-11(10)9-12/h7-9,13-14,17H,1-6H2,(H,16,18). The molecular formula is C15H19NO2. The lowest BCUT2D eigenvalue weighted by molar-refractivity contribution is -0.122. The molecule has 1 aromatic rings. The molecule has 3 rings (SSSR count). The first-order valence-corrected chi connectivity index (χ1v) is 6.85. The van der Waals surface area contributed by atoms with Gasteiger partial charge in [0.05, 0.1) is 12.0 Å². The van der Waals surface area contributed by atoms with Crippen molar-refractivity contribution in [1.29, 1.82) is 0 Å². The van der Waals surface area contributed by atoms with Crippen LogP contribution in [0, 0.1) is 5.92 Å². The number of amides is 1. The van der Waals surface area contributed by atoms with Crippen molar-refractivity contribution in [2.75, 3.05) is 5.32 Å². The van der Waals surface area contributed by atoms with Gasteiger partial charge in [0.25, 0.3) is 0 Å². The number of aryl methyl sites for hydroxylation is 2. The van der Waals surface area contributed by atoms with Crippen LogP contribution in [-0.2, 0) is 17.6 Å². The topological polar surface area (TPSA) is 49.3 Å². The highest BCUT2D eigenvalue weighted by atomic mass is 16.3. The van der Waals surface area contributed by atoms with E-state index in [4.69, 9.17) is 0 Å². The van der Waals surface area contributed by atoms with E-state index in [0.29, 0.717) is 0 Å². The first kappa shape index (κ1) is 11.7. The molecule has 3 heteroatoms. The molecule has 0 aliphatic heterocycles. The van der Waals surface area contributed by atoms with Crippen molar-refractivity contribution >= 4 is 11.6 Å². The summed E-state index contributed by atoms with van der Waals surface area (Å²) in [6.07, 6.45) is 5.53. The number of hydrogen-bond donors (Lipinski definition) is 2. The maximum atomic E-state index is 12.1. The van der Waals surface area contributed by atoms with Gasteiger partial charge in [-0.3, -0.25) is 4.79 Å². The molecule has 0 bridgehead atoms. The molecule has 0 spiro atoms. The van der Waals surface area contributed by atoms with Crippen molar-refractivity contribution < 1.29 is 9.90 Å². The van der Waals surface area contributed by atoms with Gasteiger partial charge in [-0.1, -0.05) is 6.07 Å². The predicted octanol–water partition coefficient (Wildman–Crippen LogP) is 2.27. The van der Waals surface area contributed by atoms with E-state index >= 15 is 0 Å².